The Labute approximate surface area is 196 Å². The molecule has 10 heteroatoms. The molecule has 0 aliphatic heterocycles. The largest absolute Gasteiger partial charge is 0.481 e. The summed E-state index contributed by atoms with van der Waals surface area (Å²) in [7, 11) is 1.33. The van der Waals surface area contributed by atoms with Crippen molar-refractivity contribution in [3.63, 3.8) is 0 Å². The number of carbonyl (C=O) groups is 2. The molecule has 2 atom stereocenters. The van der Waals surface area contributed by atoms with E-state index in [9.17, 15) is 23.5 Å². The summed E-state index contributed by atoms with van der Waals surface area (Å²) in [6.45, 7) is 0.845. The van der Waals surface area contributed by atoms with Crippen molar-refractivity contribution >= 4 is 23.4 Å². The normalized spacial score (nSPS) is 18.0. The van der Waals surface area contributed by atoms with E-state index in [0.717, 1.165) is 5.56 Å². The number of nitrogens with zero attached hydrogens (tertiary/aromatic N) is 2. The number of alkyl halides is 2. The van der Waals surface area contributed by atoms with Gasteiger partial charge in [-0.05, 0) is 42.9 Å². The summed E-state index contributed by atoms with van der Waals surface area (Å²) >= 11 is 0. The van der Waals surface area contributed by atoms with Crippen molar-refractivity contribution in [1.82, 2.24) is 4.98 Å². The van der Waals surface area contributed by atoms with E-state index in [-0.39, 0.29) is 29.9 Å². The third kappa shape index (κ3) is 5.92. The highest BCUT2D eigenvalue weighted by molar-refractivity contribution is 6.03. The summed E-state index contributed by atoms with van der Waals surface area (Å²) in [5.74, 6) is -1.81. The molecule has 0 saturated heterocycles. The van der Waals surface area contributed by atoms with Crippen LogP contribution in [0, 0.1) is 5.92 Å². The molecule has 1 aromatic heterocycles. The van der Waals surface area contributed by atoms with Gasteiger partial charge in [-0.1, -0.05) is 38.5 Å². The molecule has 1 aliphatic carbocycles. The Hall–Kier alpha value is -3.43. The number of aliphatic carboxylic acids is 1. The molecular weight excluding hydrogens is 448 g/mol. The van der Waals surface area contributed by atoms with Gasteiger partial charge in [-0.25, -0.2) is 4.79 Å². The predicted octanol–water partition coefficient (Wildman–Crippen LogP) is 5.50. The zero-order valence-corrected chi connectivity index (χ0v) is 19.3. The molecule has 2 unspecified atom stereocenters. The molecule has 0 bridgehead atoms. The van der Waals surface area contributed by atoms with E-state index in [2.05, 4.69) is 15.0 Å². The van der Waals surface area contributed by atoms with Crippen LogP contribution in [0.2, 0.25) is 0 Å². The van der Waals surface area contributed by atoms with Gasteiger partial charge in [0.1, 0.15) is 5.69 Å². The number of carbonyl (C=O) groups excluding carboxylic acids is 1. The summed E-state index contributed by atoms with van der Waals surface area (Å²) < 4.78 is 35.4. The fourth-order valence-electron chi connectivity index (χ4n) is 4.27. The van der Waals surface area contributed by atoms with Crippen LogP contribution in [0.15, 0.2) is 36.4 Å². The quantitative estimate of drug-likeness (QED) is 0.521. The second kappa shape index (κ2) is 11.1. The molecule has 1 saturated carbocycles. The third-order valence-corrected chi connectivity index (χ3v) is 5.88. The van der Waals surface area contributed by atoms with Crippen LogP contribution in [0.25, 0.3) is 0 Å². The molecule has 1 aromatic carbocycles. The highest BCUT2D eigenvalue weighted by atomic mass is 19.3. The Morgan fingerprint density at radius 1 is 1.18 bits per heavy atom. The number of hydrogen-bond acceptors (Lipinski definition) is 5. The zero-order valence-electron chi connectivity index (χ0n) is 19.3. The number of halogens is 2. The molecule has 2 amide bonds. The van der Waals surface area contributed by atoms with Gasteiger partial charge in [0, 0.05) is 17.8 Å². The van der Waals surface area contributed by atoms with E-state index < -0.39 is 30.4 Å². The van der Waals surface area contributed by atoms with Gasteiger partial charge in [-0.3, -0.25) is 9.69 Å². The number of benzene rings is 1. The number of urea groups is 1. The fourth-order valence-corrected chi connectivity index (χ4v) is 4.27. The molecule has 8 nitrogen and oxygen atoms in total. The van der Waals surface area contributed by atoms with Crippen molar-refractivity contribution < 1.29 is 33.0 Å². The first-order valence-corrected chi connectivity index (χ1v) is 11.1. The highest BCUT2D eigenvalue weighted by Crippen LogP contribution is 2.36. The molecule has 1 heterocycles. The minimum absolute atomic E-state index is 0.0484. The van der Waals surface area contributed by atoms with Gasteiger partial charge in [-0.15, -0.1) is 0 Å². The molecule has 34 heavy (non-hydrogen) atoms. The lowest BCUT2D eigenvalue weighted by molar-refractivity contribution is -0.142. The van der Waals surface area contributed by atoms with Gasteiger partial charge in [0.2, 0.25) is 11.8 Å². The number of ether oxygens (including phenoxy) is 2. The van der Waals surface area contributed by atoms with Crippen molar-refractivity contribution in [2.75, 3.05) is 17.3 Å². The molecule has 3 rings (SSSR count). The molecule has 1 fully saturated rings. The molecule has 0 radical (unpaired) electrons. The minimum Gasteiger partial charge on any atom is -0.481 e. The van der Waals surface area contributed by atoms with Crippen molar-refractivity contribution in [1.29, 1.82) is 0 Å². The summed E-state index contributed by atoms with van der Waals surface area (Å²) in [6, 6.07) is 9.21. The number of carboxylic acids is 1. The van der Waals surface area contributed by atoms with E-state index in [0.29, 0.717) is 24.9 Å². The lowest BCUT2D eigenvalue weighted by Crippen LogP contribution is -2.46. The van der Waals surface area contributed by atoms with Crippen LogP contribution < -0.4 is 19.7 Å². The third-order valence-electron chi connectivity index (χ3n) is 5.88. The van der Waals surface area contributed by atoms with Crippen LogP contribution in [-0.2, 0) is 4.79 Å². The van der Waals surface area contributed by atoms with Crippen LogP contribution in [0.4, 0.5) is 25.0 Å². The van der Waals surface area contributed by atoms with Crippen molar-refractivity contribution in [3.8, 4) is 11.8 Å². The number of carboxylic acid groups (broad SMARTS) is 1. The van der Waals surface area contributed by atoms with Gasteiger partial charge in [-0.2, -0.15) is 13.8 Å². The lowest BCUT2D eigenvalue weighted by atomic mass is 9.84. The zero-order chi connectivity index (χ0) is 24.8. The summed E-state index contributed by atoms with van der Waals surface area (Å²) in [6.07, 6.45) is 2.10. The van der Waals surface area contributed by atoms with Crippen LogP contribution in [0.1, 0.15) is 51.0 Å². The van der Waals surface area contributed by atoms with Gasteiger partial charge in [0.05, 0.1) is 13.0 Å². The standard InChI is InChI=1S/C24H29F2N3O5/c1-14(2)17-9-4-5-10-19(17)29(16-8-6-7-15(13-16)22(30)31)24(32)27-18-11-12-20(33-3)28-21(18)34-23(25)26/h4-5,9-12,14-16,23H,6-8,13H2,1-3H3,(H,27,32)(H,30,31). The fraction of sp³-hybridized carbons (Fsp3) is 0.458. The molecular formula is C24H29F2N3O5. The van der Waals surface area contributed by atoms with Crippen molar-refractivity contribution in [3.05, 3.63) is 42.0 Å². The van der Waals surface area contributed by atoms with Crippen molar-refractivity contribution in [2.24, 2.45) is 5.92 Å². The molecule has 184 valence electrons. The average molecular weight is 478 g/mol. The second-order valence-corrected chi connectivity index (χ2v) is 8.45. The van der Waals surface area contributed by atoms with Crippen LogP contribution in [0.3, 0.4) is 0 Å². The number of methoxy groups -OCH3 is 1. The first kappa shape index (κ1) is 25.2. The Bertz CT molecular complexity index is 1020. The van der Waals surface area contributed by atoms with Crippen LogP contribution in [-0.4, -0.2) is 41.9 Å². The monoisotopic (exact) mass is 477 g/mol. The predicted molar refractivity (Wildman–Crippen MR) is 123 cm³/mol. The number of pyridine rings is 1. The van der Waals surface area contributed by atoms with E-state index >= 15 is 0 Å². The summed E-state index contributed by atoms with van der Waals surface area (Å²) in [5.41, 5.74) is 1.50. The summed E-state index contributed by atoms with van der Waals surface area (Å²) in [5, 5.41) is 12.2. The number of aromatic nitrogens is 1. The number of rotatable bonds is 8. The number of nitrogens with one attached hydrogen (secondary N) is 1. The van der Waals surface area contributed by atoms with Gasteiger partial charge >= 0.3 is 18.6 Å². The van der Waals surface area contributed by atoms with Gasteiger partial charge in [0.25, 0.3) is 0 Å². The first-order valence-electron chi connectivity index (χ1n) is 11.1. The van der Waals surface area contributed by atoms with E-state index in [1.54, 1.807) is 11.0 Å². The second-order valence-electron chi connectivity index (χ2n) is 8.45. The summed E-state index contributed by atoms with van der Waals surface area (Å²) in [4.78, 5) is 30.7. The number of hydrogen-bond donors (Lipinski definition) is 2. The highest BCUT2D eigenvalue weighted by Gasteiger charge is 2.35. The smallest absolute Gasteiger partial charge is 0.388 e. The van der Waals surface area contributed by atoms with E-state index in [1.165, 1.54) is 19.2 Å². The van der Waals surface area contributed by atoms with E-state index in [4.69, 9.17) is 4.74 Å². The van der Waals surface area contributed by atoms with Gasteiger partial charge < -0.3 is 19.9 Å². The Morgan fingerprint density at radius 3 is 2.56 bits per heavy atom. The molecule has 1 aliphatic rings. The minimum atomic E-state index is -3.15. The van der Waals surface area contributed by atoms with Crippen molar-refractivity contribution in [2.45, 2.75) is 58.1 Å². The van der Waals surface area contributed by atoms with Crippen LogP contribution >= 0.6 is 0 Å². The van der Waals surface area contributed by atoms with Crippen LogP contribution in [0.5, 0.6) is 11.8 Å². The lowest BCUT2D eigenvalue weighted by Gasteiger charge is -2.37. The molecule has 2 aromatic rings. The SMILES string of the molecule is COc1ccc(NC(=O)N(c2ccccc2C(C)C)C2CCCC(C(=O)O)C2)c(OC(F)F)n1. The maximum Gasteiger partial charge on any atom is 0.388 e. The Balaban J connectivity index is 2.00. The first-order chi connectivity index (χ1) is 16.2. The molecule has 0 spiro atoms. The molecule has 2 N–H and O–H groups in total. The Kier molecular flexibility index (Phi) is 8.25. The van der Waals surface area contributed by atoms with E-state index in [1.807, 2.05) is 32.0 Å². The maximum absolute atomic E-state index is 13.6. The maximum atomic E-state index is 13.6. The number of anilines is 2. The number of para-hydroxylation sites is 1. The Morgan fingerprint density at radius 2 is 1.91 bits per heavy atom. The average Bonchev–Trinajstić information content (AvgIpc) is 2.80. The number of amides is 2. The van der Waals surface area contributed by atoms with Gasteiger partial charge in [0.15, 0.2) is 0 Å². The topological polar surface area (TPSA) is 101 Å².